The molecule has 8 nitrogen and oxygen atoms in total. The maximum atomic E-state index is 11.7. The highest BCUT2D eigenvalue weighted by atomic mass is 32.2. The van der Waals surface area contributed by atoms with Crippen LogP contribution < -0.4 is 10.5 Å². The Hall–Kier alpha value is -2.00. The fraction of sp³-hybridized carbons (Fsp3) is 0.125. The Kier molecular flexibility index (Phi) is 3.02. The number of hydrogen-bond donors (Lipinski definition) is 2. The van der Waals surface area contributed by atoms with E-state index in [9.17, 15) is 8.42 Å². The molecule has 90 valence electrons. The van der Waals surface area contributed by atoms with Gasteiger partial charge < -0.3 is 10.3 Å². The number of nitrogens with zero attached hydrogens (tertiary/aromatic N) is 3. The Bertz CT molecular complexity index is 578. The maximum Gasteiger partial charge on any atom is 0.244 e. The summed E-state index contributed by atoms with van der Waals surface area (Å²) in [5.41, 5.74) is 5.26. The molecule has 17 heavy (non-hydrogen) atoms. The summed E-state index contributed by atoms with van der Waals surface area (Å²) in [6.07, 6.45) is 3.69. The van der Waals surface area contributed by atoms with Crippen molar-refractivity contribution in [1.29, 1.82) is 0 Å². The minimum Gasteiger partial charge on any atom is -0.368 e. The lowest BCUT2D eigenvalue weighted by molar-refractivity contribution is 0.380. The molecule has 3 N–H and O–H groups in total. The van der Waals surface area contributed by atoms with E-state index in [4.69, 9.17) is 10.3 Å². The highest BCUT2D eigenvalue weighted by Gasteiger charge is 2.15. The van der Waals surface area contributed by atoms with E-state index in [2.05, 4.69) is 19.8 Å². The van der Waals surface area contributed by atoms with Crippen molar-refractivity contribution < 1.29 is 12.9 Å². The van der Waals surface area contributed by atoms with E-state index in [0.717, 1.165) is 12.4 Å². The lowest BCUT2D eigenvalue weighted by atomic mass is 10.5. The molecule has 0 amide bonds. The first-order valence-electron chi connectivity index (χ1n) is 4.55. The molecule has 0 radical (unpaired) electrons. The molecule has 2 heterocycles. The van der Waals surface area contributed by atoms with Gasteiger partial charge in [0.1, 0.15) is 4.90 Å². The van der Waals surface area contributed by atoms with Gasteiger partial charge in [0.15, 0.2) is 5.76 Å². The Balaban J connectivity index is 2.11. The minimum atomic E-state index is -3.67. The van der Waals surface area contributed by atoms with E-state index in [1.807, 2.05) is 0 Å². The molecule has 0 aliphatic heterocycles. The number of nitrogens with two attached hydrogens (primary N) is 1. The maximum absolute atomic E-state index is 11.7. The van der Waals surface area contributed by atoms with Gasteiger partial charge >= 0.3 is 0 Å². The Labute approximate surface area is 96.9 Å². The molecule has 0 fully saturated rings. The fourth-order valence-electron chi connectivity index (χ4n) is 1.05. The van der Waals surface area contributed by atoms with Crippen LogP contribution in [0.5, 0.6) is 0 Å². The van der Waals surface area contributed by atoms with Crippen molar-refractivity contribution in [1.82, 2.24) is 19.8 Å². The van der Waals surface area contributed by atoms with E-state index < -0.39 is 10.0 Å². The largest absolute Gasteiger partial charge is 0.368 e. The summed E-state index contributed by atoms with van der Waals surface area (Å²) in [6.45, 7) is 0.00666. The molecule has 9 heteroatoms. The quantitative estimate of drug-likeness (QED) is 0.756. The number of hydrogen-bond acceptors (Lipinski definition) is 7. The molecule has 0 saturated heterocycles. The van der Waals surface area contributed by atoms with Crippen LogP contribution in [0.15, 0.2) is 34.1 Å². The van der Waals surface area contributed by atoms with Crippen molar-refractivity contribution in [2.75, 3.05) is 5.73 Å². The van der Waals surface area contributed by atoms with E-state index in [1.54, 1.807) is 6.07 Å². The van der Waals surface area contributed by atoms with Gasteiger partial charge in [-0.05, 0) is 0 Å². The van der Waals surface area contributed by atoms with Crippen LogP contribution in [0.3, 0.4) is 0 Å². The van der Waals surface area contributed by atoms with Crippen LogP contribution in [0, 0.1) is 0 Å². The summed E-state index contributed by atoms with van der Waals surface area (Å²) in [7, 11) is -3.67. The first-order valence-corrected chi connectivity index (χ1v) is 6.03. The molecule has 0 aliphatic carbocycles. The molecule has 0 aliphatic rings. The summed E-state index contributed by atoms with van der Waals surface area (Å²) in [6, 6.07) is 1.56. The van der Waals surface area contributed by atoms with Crippen LogP contribution in [-0.2, 0) is 16.6 Å². The molecule has 2 aromatic heterocycles. The smallest absolute Gasteiger partial charge is 0.244 e. The molecule has 2 aromatic rings. The molecule has 0 spiro atoms. The normalized spacial score (nSPS) is 11.5. The van der Waals surface area contributed by atoms with Gasteiger partial charge in [0.05, 0.1) is 25.1 Å². The van der Waals surface area contributed by atoms with E-state index >= 15 is 0 Å². The summed E-state index contributed by atoms with van der Waals surface area (Å²) < 4.78 is 30.6. The summed E-state index contributed by atoms with van der Waals surface area (Å²) in [5.74, 6) is 0.420. The third kappa shape index (κ3) is 2.77. The highest BCUT2D eigenvalue weighted by molar-refractivity contribution is 7.89. The third-order valence-electron chi connectivity index (χ3n) is 1.89. The number of anilines is 1. The monoisotopic (exact) mass is 255 g/mol. The van der Waals surface area contributed by atoms with E-state index in [0.29, 0.717) is 5.76 Å². The molecular formula is C8H9N5O3S. The van der Waals surface area contributed by atoms with Gasteiger partial charge in [-0.3, -0.25) is 0 Å². The van der Waals surface area contributed by atoms with Gasteiger partial charge in [-0.1, -0.05) is 5.16 Å². The lowest BCUT2D eigenvalue weighted by Gasteiger charge is -2.03. The zero-order valence-corrected chi connectivity index (χ0v) is 9.38. The Morgan fingerprint density at radius 1 is 1.35 bits per heavy atom. The molecule has 0 unspecified atom stereocenters. The molecule has 0 aromatic carbocycles. The predicted octanol–water partition coefficient (Wildman–Crippen LogP) is -0.475. The third-order valence-corrected chi connectivity index (χ3v) is 3.24. The molecule has 0 bridgehead atoms. The Morgan fingerprint density at radius 3 is 2.65 bits per heavy atom. The molecular weight excluding hydrogens is 246 g/mol. The SMILES string of the molecule is Nc1ncc(S(=O)(=O)NCc2ccno2)cn1. The van der Waals surface area contributed by atoms with Crippen molar-refractivity contribution in [2.45, 2.75) is 11.4 Å². The minimum absolute atomic E-state index is 0.00666. The van der Waals surface area contributed by atoms with Crippen molar-refractivity contribution >= 4 is 16.0 Å². The van der Waals surface area contributed by atoms with Crippen molar-refractivity contribution in [3.63, 3.8) is 0 Å². The number of aromatic nitrogens is 3. The summed E-state index contributed by atoms with van der Waals surface area (Å²) >= 11 is 0. The second kappa shape index (κ2) is 4.47. The summed E-state index contributed by atoms with van der Waals surface area (Å²) in [4.78, 5) is 7.14. The van der Waals surface area contributed by atoms with Gasteiger partial charge in [0.2, 0.25) is 16.0 Å². The highest BCUT2D eigenvalue weighted by Crippen LogP contribution is 2.07. The van der Waals surface area contributed by atoms with Gasteiger partial charge in [0, 0.05) is 6.07 Å². The van der Waals surface area contributed by atoms with E-state index in [1.165, 1.54) is 6.20 Å². The molecule has 2 rings (SSSR count). The van der Waals surface area contributed by atoms with Crippen molar-refractivity contribution in [3.8, 4) is 0 Å². The summed E-state index contributed by atoms with van der Waals surface area (Å²) in [5, 5.41) is 3.46. The van der Waals surface area contributed by atoms with Crippen LogP contribution in [0.4, 0.5) is 5.95 Å². The second-order valence-corrected chi connectivity index (χ2v) is 4.85. The number of nitrogen functional groups attached to an aromatic ring is 1. The average Bonchev–Trinajstić information content (AvgIpc) is 2.80. The Morgan fingerprint density at radius 2 is 2.06 bits per heavy atom. The van der Waals surface area contributed by atoms with Gasteiger partial charge in [-0.2, -0.15) is 0 Å². The first kappa shape index (κ1) is 11.5. The van der Waals surface area contributed by atoms with Crippen LogP contribution in [0.25, 0.3) is 0 Å². The molecule has 0 atom stereocenters. The van der Waals surface area contributed by atoms with Gasteiger partial charge in [-0.25, -0.2) is 23.1 Å². The number of sulfonamides is 1. The fourth-order valence-corrected chi connectivity index (χ4v) is 1.93. The van der Waals surface area contributed by atoms with Crippen LogP contribution in [0.1, 0.15) is 5.76 Å². The zero-order chi connectivity index (χ0) is 12.3. The predicted molar refractivity (Wildman–Crippen MR) is 57.0 cm³/mol. The average molecular weight is 255 g/mol. The van der Waals surface area contributed by atoms with Crippen LogP contribution >= 0.6 is 0 Å². The number of nitrogens with one attached hydrogen (secondary N) is 1. The standard InChI is InChI=1S/C8H9N5O3S/c9-8-10-4-7(5-11-8)17(14,15)13-3-6-1-2-12-16-6/h1-2,4-5,13H,3H2,(H2,9,10,11). The zero-order valence-electron chi connectivity index (χ0n) is 8.57. The lowest BCUT2D eigenvalue weighted by Crippen LogP contribution is -2.23. The van der Waals surface area contributed by atoms with Crippen LogP contribution in [-0.4, -0.2) is 23.5 Å². The van der Waals surface area contributed by atoms with Gasteiger partial charge in [0.25, 0.3) is 0 Å². The topological polar surface area (TPSA) is 124 Å². The van der Waals surface area contributed by atoms with Gasteiger partial charge in [-0.15, -0.1) is 0 Å². The van der Waals surface area contributed by atoms with Crippen molar-refractivity contribution in [2.24, 2.45) is 0 Å². The van der Waals surface area contributed by atoms with E-state index in [-0.39, 0.29) is 17.4 Å². The molecule has 0 saturated carbocycles. The number of rotatable bonds is 4. The van der Waals surface area contributed by atoms with Crippen molar-refractivity contribution in [3.05, 3.63) is 30.4 Å². The first-order chi connectivity index (χ1) is 8.08. The second-order valence-electron chi connectivity index (χ2n) is 3.08. The van der Waals surface area contributed by atoms with Crippen LogP contribution in [0.2, 0.25) is 0 Å².